The van der Waals surface area contributed by atoms with Crippen molar-refractivity contribution in [1.82, 2.24) is 4.90 Å². The second kappa shape index (κ2) is 7.96. The highest BCUT2D eigenvalue weighted by Gasteiger charge is 2.14. The molecule has 0 aliphatic carbocycles. The molecule has 3 nitrogen and oxygen atoms in total. The van der Waals surface area contributed by atoms with Gasteiger partial charge in [-0.25, -0.2) is 0 Å². The van der Waals surface area contributed by atoms with E-state index in [0.29, 0.717) is 23.7 Å². The summed E-state index contributed by atoms with van der Waals surface area (Å²) < 4.78 is 6.74. The van der Waals surface area contributed by atoms with Crippen molar-refractivity contribution < 1.29 is 4.74 Å². The predicted molar refractivity (Wildman–Crippen MR) is 92.5 cm³/mol. The van der Waals surface area contributed by atoms with Crippen LogP contribution in [-0.4, -0.2) is 35.1 Å². The number of halogens is 1. The number of hydrogen-bond donors (Lipinski definition) is 1. The zero-order valence-electron chi connectivity index (χ0n) is 12.5. The van der Waals surface area contributed by atoms with Crippen molar-refractivity contribution >= 4 is 33.1 Å². The van der Waals surface area contributed by atoms with Gasteiger partial charge in [-0.05, 0) is 55.8 Å². The van der Waals surface area contributed by atoms with Gasteiger partial charge in [0.25, 0.3) is 0 Å². The van der Waals surface area contributed by atoms with Crippen LogP contribution in [-0.2, 0) is 0 Å². The topological polar surface area (TPSA) is 38.5 Å². The third kappa shape index (κ3) is 4.72. The van der Waals surface area contributed by atoms with Gasteiger partial charge in [0, 0.05) is 23.1 Å². The molecule has 0 fully saturated rings. The first-order chi connectivity index (χ1) is 9.34. The molecular formula is C15H23BrN2OS. The molecule has 0 aliphatic rings. The van der Waals surface area contributed by atoms with Gasteiger partial charge in [-0.1, -0.05) is 18.3 Å². The SMILES string of the molecule is CC(C)N(CCOc1cccc(Br)c1C(N)=S)C(C)C. The molecule has 0 radical (unpaired) electrons. The van der Waals surface area contributed by atoms with Crippen LogP contribution in [0.3, 0.4) is 0 Å². The second-order valence-corrected chi connectivity index (χ2v) is 6.55. The van der Waals surface area contributed by atoms with Gasteiger partial charge in [0.15, 0.2) is 0 Å². The van der Waals surface area contributed by atoms with Crippen LogP contribution in [0.5, 0.6) is 5.75 Å². The average Bonchev–Trinajstić information content (AvgIpc) is 2.33. The normalized spacial score (nSPS) is 11.4. The minimum absolute atomic E-state index is 0.344. The molecule has 1 aromatic carbocycles. The molecule has 112 valence electrons. The van der Waals surface area contributed by atoms with E-state index in [1.54, 1.807) is 0 Å². The van der Waals surface area contributed by atoms with E-state index in [2.05, 4.69) is 48.5 Å². The standard InChI is InChI=1S/C15H23BrN2OS/c1-10(2)18(11(3)4)8-9-19-13-7-5-6-12(16)14(13)15(17)20/h5-7,10-11H,8-9H2,1-4H3,(H2,17,20). The maximum Gasteiger partial charge on any atom is 0.130 e. The van der Waals surface area contributed by atoms with E-state index in [-0.39, 0.29) is 0 Å². The van der Waals surface area contributed by atoms with Crippen molar-refractivity contribution in [3.63, 3.8) is 0 Å². The van der Waals surface area contributed by atoms with Gasteiger partial charge >= 0.3 is 0 Å². The summed E-state index contributed by atoms with van der Waals surface area (Å²) in [7, 11) is 0. The fourth-order valence-corrected chi connectivity index (χ4v) is 3.14. The smallest absolute Gasteiger partial charge is 0.130 e. The van der Waals surface area contributed by atoms with Crippen molar-refractivity contribution in [3.8, 4) is 5.75 Å². The lowest BCUT2D eigenvalue weighted by Gasteiger charge is -2.30. The number of nitrogens with two attached hydrogens (primary N) is 1. The molecule has 0 saturated heterocycles. The molecule has 0 spiro atoms. The molecule has 0 unspecified atom stereocenters. The molecule has 20 heavy (non-hydrogen) atoms. The molecule has 0 amide bonds. The van der Waals surface area contributed by atoms with E-state index < -0.39 is 0 Å². The summed E-state index contributed by atoms with van der Waals surface area (Å²) in [5, 5.41) is 0. The highest BCUT2D eigenvalue weighted by atomic mass is 79.9. The Bertz CT molecular complexity index is 455. The van der Waals surface area contributed by atoms with Crippen LogP contribution >= 0.6 is 28.1 Å². The third-order valence-corrected chi connectivity index (χ3v) is 4.02. The molecule has 5 heteroatoms. The Labute approximate surface area is 135 Å². The number of ether oxygens (including phenoxy) is 1. The van der Waals surface area contributed by atoms with E-state index in [1.165, 1.54) is 0 Å². The van der Waals surface area contributed by atoms with Gasteiger partial charge in [-0.3, -0.25) is 4.90 Å². The highest BCUT2D eigenvalue weighted by molar-refractivity contribution is 9.10. The third-order valence-electron chi connectivity index (χ3n) is 3.16. The Hall–Kier alpha value is -0.650. The van der Waals surface area contributed by atoms with Gasteiger partial charge in [-0.2, -0.15) is 0 Å². The summed E-state index contributed by atoms with van der Waals surface area (Å²) in [4.78, 5) is 2.73. The van der Waals surface area contributed by atoms with Crippen LogP contribution in [0.1, 0.15) is 33.3 Å². The minimum Gasteiger partial charge on any atom is -0.491 e. The van der Waals surface area contributed by atoms with Gasteiger partial charge in [-0.15, -0.1) is 0 Å². The number of thiocarbonyl (C=S) groups is 1. The molecule has 0 bridgehead atoms. The van der Waals surface area contributed by atoms with Crippen molar-refractivity contribution in [3.05, 3.63) is 28.2 Å². The maximum absolute atomic E-state index is 5.87. The van der Waals surface area contributed by atoms with Crippen molar-refractivity contribution in [2.45, 2.75) is 39.8 Å². The summed E-state index contributed by atoms with van der Waals surface area (Å²) in [5.41, 5.74) is 6.52. The largest absolute Gasteiger partial charge is 0.491 e. The average molecular weight is 359 g/mol. The summed E-state index contributed by atoms with van der Waals surface area (Å²) in [6, 6.07) is 6.72. The Balaban J connectivity index is 2.71. The molecular weight excluding hydrogens is 336 g/mol. The predicted octanol–water partition coefficient (Wildman–Crippen LogP) is 3.58. The van der Waals surface area contributed by atoms with E-state index in [9.17, 15) is 0 Å². The Kier molecular flexibility index (Phi) is 6.92. The van der Waals surface area contributed by atoms with Crippen LogP contribution in [0.25, 0.3) is 0 Å². The first kappa shape index (κ1) is 17.4. The van der Waals surface area contributed by atoms with Crippen molar-refractivity contribution in [2.75, 3.05) is 13.2 Å². The van der Waals surface area contributed by atoms with Crippen molar-refractivity contribution in [2.24, 2.45) is 5.73 Å². The van der Waals surface area contributed by atoms with E-state index in [4.69, 9.17) is 22.7 Å². The quantitative estimate of drug-likeness (QED) is 0.756. The number of benzene rings is 1. The van der Waals surface area contributed by atoms with Crippen LogP contribution in [0, 0.1) is 0 Å². The fraction of sp³-hybridized carbons (Fsp3) is 0.533. The van der Waals surface area contributed by atoms with Crippen LogP contribution < -0.4 is 10.5 Å². The second-order valence-electron chi connectivity index (χ2n) is 5.25. The van der Waals surface area contributed by atoms with Gasteiger partial charge in [0.05, 0.1) is 5.56 Å². The summed E-state index contributed by atoms with van der Waals surface area (Å²) >= 11 is 8.54. The lowest BCUT2D eigenvalue weighted by atomic mass is 10.2. The highest BCUT2D eigenvalue weighted by Crippen LogP contribution is 2.26. The van der Waals surface area contributed by atoms with E-state index in [1.807, 2.05) is 18.2 Å². The summed E-state index contributed by atoms with van der Waals surface area (Å²) in [5.74, 6) is 0.735. The van der Waals surface area contributed by atoms with Crippen LogP contribution in [0.15, 0.2) is 22.7 Å². The van der Waals surface area contributed by atoms with Crippen LogP contribution in [0.2, 0.25) is 0 Å². The number of hydrogen-bond acceptors (Lipinski definition) is 3. The Morgan fingerprint density at radius 2 is 1.90 bits per heavy atom. The Morgan fingerprint density at radius 1 is 1.30 bits per heavy atom. The number of rotatable bonds is 7. The number of nitrogens with zero attached hydrogens (tertiary/aromatic N) is 1. The molecule has 0 saturated carbocycles. The molecule has 1 aromatic rings. The van der Waals surface area contributed by atoms with Crippen molar-refractivity contribution in [1.29, 1.82) is 0 Å². The first-order valence-corrected chi connectivity index (χ1v) is 8.01. The van der Waals surface area contributed by atoms with Gasteiger partial charge in [0.1, 0.15) is 17.3 Å². The first-order valence-electron chi connectivity index (χ1n) is 6.81. The molecule has 2 N–H and O–H groups in total. The molecule has 1 rings (SSSR count). The fourth-order valence-electron chi connectivity index (χ4n) is 2.24. The summed E-state index contributed by atoms with van der Waals surface area (Å²) in [6.07, 6.45) is 0. The maximum atomic E-state index is 5.87. The molecule has 0 heterocycles. The molecule has 0 aromatic heterocycles. The molecule has 0 atom stereocenters. The zero-order valence-corrected chi connectivity index (χ0v) is 14.9. The summed E-state index contributed by atoms with van der Waals surface area (Å²) in [6.45, 7) is 10.3. The van der Waals surface area contributed by atoms with E-state index >= 15 is 0 Å². The van der Waals surface area contributed by atoms with Gasteiger partial charge in [0.2, 0.25) is 0 Å². The zero-order chi connectivity index (χ0) is 15.3. The molecule has 0 aliphatic heterocycles. The van der Waals surface area contributed by atoms with Gasteiger partial charge < -0.3 is 10.5 Å². The Morgan fingerprint density at radius 3 is 2.40 bits per heavy atom. The monoisotopic (exact) mass is 358 g/mol. The minimum atomic E-state index is 0.344. The lowest BCUT2D eigenvalue weighted by Crippen LogP contribution is -2.39. The van der Waals surface area contributed by atoms with E-state index in [0.717, 1.165) is 22.3 Å². The van der Waals surface area contributed by atoms with Crippen LogP contribution in [0.4, 0.5) is 0 Å². The lowest BCUT2D eigenvalue weighted by molar-refractivity contribution is 0.142.